The highest BCUT2D eigenvalue weighted by Crippen LogP contribution is 2.27. The number of anilines is 1. The van der Waals surface area contributed by atoms with Crippen molar-refractivity contribution in [2.45, 2.75) is 37.9 Å². The molecule has 0 aromatic carbocycles. The molecule has 0 saturated carbocycles. The first kappa shape index (κ1) is 12.8. The molecule has 0 aliphatic heterocycles. The summed E-state index contributed by atoms with van der Waals surface area (Å²) in [6.45, 7) is 8.01. The van der Waals surface area contributed by atoms with Gasteiger partial charge in [-0.05, 0) is 56.7 Å². The molecule has 0 aliphatic carbocycles. The van der Waals surface area contributed by atoms with Gasteiger partial charge in [0, 0.05) is 11.4 Å². The van der Waals surface area contributed by atoms with Crippen molar-refractivity contribution >= 4 is 17.4 Å². The fourth-order valence-corrected chi connectivity index (χ4v) is 2.43. The molecule has 4 nitrogen and oxygen atoms in total. The van der Waals surface area contributed by atoms with Crippen molar-refractivity contribution in [1.29, 1.82) is 0 Å². The molecule has 0 bridgehead atoms. The minimum Gasteiger partial charge on any atom is -0.397 e. The number of nitrogens with zero attached hydrogens (tertiary/aromatic N) is 3. The first-order valence-corrected chi connectivity index (χ1v) is 6.51. The molecule has 2 N–H and O–H groups in total. The van der Waals surface area contributed by atoms with Gasteiger partial charge in [0.25, 0.3) is 0 Å². The summed E-state index contributed by atoms with van der Waals surface area (Å²) >= 11 is 1.47. The number of hydrogen-bond donors (Lipinski definition) is 1. The highest BCUT2D eigenvalue weighted by Gasteiger charge is 2.09. The van der Waals surface area contributed by atoms with Gasteiger partial charge in [-0.3, -0.25) is 0 Å². The van der Waals surface area contributed by atoms with E-state index in [0.29, 0.717) is 5.69 Å². The number of nitrogens with two attached hydrogens (primary N) is 1. The van der Waals surface area contributed by atoms with E-state index in [1.165, 1.54) is 11.8 Å². The molecule has 2 rings (SSSR count). The van der Waals surface area contributed by atoms with Crippen molar-refractivity contribution in [2.75, 3.05) is 5.73 Å². The Morgan fingerprint density at radius 3 is 2.22 bits per heavy atom. The Hall–Kier alpha value is -1.62. The SMILES string of the molecule is Cc1cc(N)cnc1Sc1nc(C)c(C)c(C)n1. The predicted molar refractivity (Wildman–Crippen MR) is 73.8 cm³/mol. The molecule has 0 aliphatic rings. The van der Waals surface area contributed by atoms with Gasteiger partial charge in [0.1, 0.15) is 5.03 Å². The van der Waals surface area contributed by atoms with E-state index in [1.807, 2.05) is 33.8 Å². The number of nitrogen functional groups attached to an aromatic ring is 1. The highest BCUT2D eigenvalue weighted by atomic mass is 32.2. The van der Waals surface area contributed by atoms with E-state index in [-0.39, 0.29) is 0 Å². The maximum atomic E-state index is 5.69. The summed E-state index contributed by atoms with van der Waals surface area (Å²) < 4.78 is 0. The topological polar surface area (TPSA) is 64.7 Å². The summed E-state index contributed by atoms with van der Waals surface area (Å²) in [6.07, 6.45) is 1.66. The van der Waals surface area contributed by atoms with Crippen LogP contribution in [-0.4, -0.2) is 15.0 Å². The molecule has 2 heterocycles. The third kappa shape index (κ3) is 2.61. The Bertz CT molecular complexity index is 573. The van der Waals surface area contributed by atoms with Gasteiger partial charge >= 0.3 is 0 Å². The summed E-state index contributed by atoms with van der Waals surface area (Å²) in [5.74, 6) is 0. The second-order valence-corrected chi connectivity index (χ2v) is 5.25. The number of rotatable bonds is 2. The monoisotopic (exact) mass is 260 g/mol. The summed E-state index contributed by atoms with van der Waals surface area (Å²) in [6, 6.07) is 1.91. The van der Waals surface area contributed by atoms with Crippen LogP contribution >= 0.6 is 11.8 Å². The van der Waals surface area contributed by atoms with Crippen LogP contribution in [-0.2, 0) is 0 Å². The molecule has 2 aromatic rings. The van der Waals surface area contributed by atoms with E-state index in [1.54, 1.807) is 6.20 Å². The summed E-state index contributed by atoms with van der Waals surface area (Å²) in [7, 11) is 0. The van der Waals surface area contributed by atoms with Gasteiger partial charge in [-0.1, -0.05) is 0 Å². The van der Waals surface area contributed by atoms with Gasteiger partial charge < -0.3 is 5.73 Å². The van der Waals surface area contributed by atoms with Crippen molar-refractivity contribution in [1.82, 2.24) is 15.0 Å². The number of pyridine rings is 1. The summed E-state index contributed by atoms with van der Waals surface area (Å²) in [4.78, 5) is 13.3. The molecule has 5 heteroatoms. The van der Waals surface area contributed by atoms with Gasteiger partial charge in [0.15, 0.2) is 5.16 Å². The predicted octanol–water partition coefficient (Wildman–Crippen LogP) is 2.84. The molecule has 0 saturated heterocycles. The summed E-state index contributed by atoms with van der Waals surface area (Å²) in [5.41, 5.74) is 10.6. The van der Waals surface area contributed by atoms with Crippen molar-refractivity contribution in [2.24, 2.45) is 0 Å². The fraction of sp³-hybridized carbons (Fsp3) is 0.308. The van der Waals surface area contributed by atoms with Crippen molar-refractivity contribution < 1.29 is 0 Å². The molecular weight excluding hydrogens is 244 g/mol. The first-order chi connectivity index (χ1) is 8.47. The van der Waals surface area contributed by atoms with Gasteiger partial charge in [0.2, 0.25) is 0 Å². The summed E-state index contributed by atoms with van der Waals surface area (Å²) in [5, 5.41) is 1.63. The zero-order valence-electron chi connectivity index (χ0n) is 11.0. The van der Waals surface area contributed by atoms with Crippen LogP contribution < -0.4 is 5.73 Å². The van der Waals surface area contributed by atoms with E-state index in [4.69, 9.17) is 5.73 Å². The number of hydrogen-bond acceptors (Lipinski definition) is 5. The van der Waals surface area contributed by atoms with Crippen molar-refractivity contribution in [3.63, 3.8) is 0 Å². The van der Waals surface area contributed by atoms with Crippen molar-refractivity contribution in [3.8, 4) is 0 Å². The normalized spacial score (nSPS) is 10.7. The molecule has 0 radical (unpaired) electrons. The largest absolute Gasteiger partial charge is 0.397 e. The Balaban J connectivity index is 2.34. The molecule has 18 heavy (non-hydrogen) atoms. The lowest BCUT2D eigenvalue weighted by molar-refractivity contribution is 0.877. The fourth-order valence-electron chi connectivity index (χ4n) is 1.56. The lowest BCUT2D eigenvalue weighted by atomic mass is 10.2. The van der Waals surface area contributed by atoms with Crippen LogP contribution in [0.25, 0.3) is 0 Å². The average molecular weight is 260 g/mol. The lowest BCUT2D eigenvalue weighted by Gasteiger charge is -2.08. The van der Waals surface area contributed by atoms with Gasteiger partial charge in [-0.2, -0.15) is 0 Å². The van der Waals surface area contributed by atoms with E-state index in [0.717, 1.165) is 32.7 Å². The zero-order valence-corrected chi connectivity index (χ0v) is 11.8. The minimum absolute atomic E-state index is 0.675. The molecular formula is C13H16N4S. The second kappa shape index (κ2) is 4.94. The van der Waals surface area contributed by atoms with Crippen molar-refractivity contribution in [3.05, 3.63) is 34.8 Å². The molecule has 0 amide bonds. The second-order valence-electron chi connectivity index (χ2n) is 4.29. The van der Waals surface area contributed by atoms with Crippen LogP contribution in [0.1, 0.15) is 22.5 Å². The van der Waals surface area contributed by atoms with Crippen LogP contribution in [0, 0.1) is 27.7 Å². The Kier molecular flexibility index (Phi) is 3.52. The van der Waals surface area contributed by atoms with Crippen LogP contribution in [0.2, 0.25) is 0 Å². The van der Waals surface area contributed by atoms with Gasteiger partial charge in [-0.25, -0.2) is 15.0 Å². The molecule has 0 fully saturated rings. The minimum atomic E-state index is 0.675. The number of aromatic nitrogens is 3. The van der Waals surface area contributed by atoms with E-state index >= 15 is 0 Å². The Morgan fingerprint density at radius 2 is 1.67 bits per heavy atom. The highest BCUT2D eigenvalue weighted by molar-refractivity contribution is 7.99. The molecule has 0 unspecified atom stereocenters. The molecule has 94 valence electrons. The zero-order chi connectivity index (χ0) is 13.3. The Labute approximate surface area is 111 Å². The molecule has 0 atom stereocenters. The van der Waals surface area contributed by atoms with Crippen LogP contribution in [0.4, 0.5) is 5.69 Å². The quantitative estimate of drug-likeness (QED) is 0.841. The average Bonchev–Trinajstić information content (AvgIpc) is 2.29. The van der Waals surface area contributed by atoms with Crippen LogP contribution in [0.3, 0.4) is 0 Å². The van der Waals surface area contributed by atoms with Crippen LogP contribution in [0.15, 0.2) is 22.4 Å². The smallest absolute Gasteiger partial charge is 0.194 e. The third-order valence-corrected chi connectivity index (χ3v) is 3.84. The number of aryl methyl sites for hydroxylation is 3. The van der Waals surface area contributed by atoms with E-state index in [9.17, 15) is 0 Å². The third-order valence-electron chi connectivity index (χ3n) is 2.85. The van der Waals surface area contributed by atoms with Crippen LogP contribution in [0.5, 0.6) is 0 Å². The van der Waals surface area contributed by atoms with Gasteiger partial charge in [-0.15, -0.1) is 0 Å². The van der Waals surface area contributed by atoms with E-state index in [2.05, 4.69) is 15.0 Å². The molecule has 0 spiro atoms. The molecule has 2 aromatic heterocycles. The Morgan fingerprint density at radius 1 is 1.06 bits per heavy atom. The standard InChI is InChI=1S/C13H16N4S/c1-7-5-11(14)6-15-12(7)18-13-16-9(3)8(2)10(4)17-13/h5-6H,14H2,1-4H3. The maximum Gasteiger partial charge on any atom is 0.194 e. The van der Waals surface area contributed by atoms with Gasteiger partial charge in [0.05, 0.1) is 11.9 Å². The van der Waals surface area contributed by atoms with E-state index < -0.39 is 0 Å². The first-order valence-electron chi connectivity index (χ1n) is 5.69. The lowest BCUT2D eigenvalue weighted by Crippen LogP contribution is -1.99. The maximum absolute atomic E-state index is 5.69.